The lowest BCUT2D eigenvalue weighted by Gasteiger charge is -2.15. The van der Waals surface area contributed by atoms with Crippen LogP contribution < -0.4 is 21.3 Å². The Hall–Kier alpha value is -0.900. The maximum Gasteiger partial charge on any atom is 0.213 e. The summed E-state index contributed by atoms with van der Waals surface area (Å²) in [6, 6.07) is 0.0233. The molecule has 8 nitrogen and oxygen atoms in total. The summed E-state index contributed by atoms with van der Waals surface area (Å²) in [5.41, 5.74) is 2.38. The topological polar surface area (TPSA) is 118 Å². The van der Waals surface area contributed by atoms with Gasteiger partial charge >= 0.3 is 0 Å². The number of rotatable bonds is 8. The minimum atomic E-state index is -3.25. The molecule has 0 spiro atoms. The molecule has 0 bridgehead atoms. The number of nitrogens with two attached hydrogens (primary N) is 1. The molecule has 0 aromatic heterocycles. The molecule has 1 atom stereocenters. The number of hydrogen-bond acceptors (Lipinski definition) is 5. The lowest BCUT2D eigenvalue weighted by Crippen LogP contribution is -2.47. The highest BCUT2D eigenvalue weighted by atomic mass is 32.2. The van der Waals surface area contributed by atoms with Gasteiger partial charge in [0.25, 0.3) is 0 Å². The smallest absolute Gasteiger partial charge is 0.213 e. The molecule has 0 aliphatic rings. The number of nitrogens with zero attached hydrogens (tertiary/aromatic N) is 1. The Bertz CT molecular complexity index is 344. The van der Waals surface area contributed by atoms with Crippen molar-refractivity contribution in [2.45, 2.75) is 19.9 Å². The van der Waals surface area contributed by atoms with Crippen LogP contribution in [0.15, 0.2) is 4.99 Å². The molecule has 0 aliphatic carbocycles. The van der Waals surface area contributed by atoms with Gasteiger partial charge in [0.2, 0.25) is 16.0 Å². The molecule has 0 amide bonds. The average molecular weight is 281 g/mol. The predicted molar refractivity (Wildman–Crippen MR) is 71.6 cm³/mol. The molecule has 1 unspecified atom stereocenters. The van der Waals surface area contributed by atoms with Gasteiger partial charge < -0.3 is 10.1 Å². The fourth-order valence-electron chi connectivity index (χ4n) is 1.23. The van der Waals surface area contributed by atoms with Gasteiger partial charge in [-0.25, -0.2) is 19.0 Å². The van der Waals surface area contributed by atoms with E-state index in [2.05, 4.69) is 20.5 Å². The van der Waals surface area contributed by atoms with Gasteiger partial charge in [0, 0.05) is 19.7 Å². The summed E-state index contributed by atoms with van der Waals surface area (Å²) in [6.07, 6.45) is 0. The zero-order chi connectivity index (χ0) is 14.0. The van der Waals surface area contributed by atoms with Gasteiger partial charge in [-0.15, -0.1) is 0 Å². The molecule has 18 heavy (non-hydrogen) atoms. The van der Waals surface area contributed by atoms with Crippen LogP contribution in [0.1, 0.15) is 13.8 Å². The first-order chi connectivity index (χ1) is 8.45. The largest absolute Gasteiger partial charge is 0.383 e. The minimum Gasteiger partial charge on any atom is -0.383 e. The van der Waals surface area contributed by atoms with Crippen LogP contribution >= 0.6 is 0 Å². The zero-order valence-electron chi connectivity index (χ0n) is 11.1. The monoisotopic (exact) mass is 281 g/mol. The van der Waals surface area contributed by atoms with Gasteiger partial charge in [-0.3, -0.25) is 10.4 Å². The summed E-state index contributed by atoms with van der Waals surface area (Å²) in [5.74, 6) is 5.54. The van der Waals surface area contributed by atoms with E-state index in [-0.39, 0.29) is 18.3 Å². The Morgan fingerprint density at radius 2 is 2.17 bits per heavy atom. The van der Waals surface area contributed by atoms with Crippen molar-refractivity contribution in [3.05, 3.63) is 0 Å². The molecule has 0 aromatic rings. The van der Waals surface area contributed by atoms with E-state index in [1.165, 1.54) is 0 Å². The van der Waals surface area contributed by atoms with Gasteiger partial charge in [-0.2, -0.15) is 0 Å². The molecular formula is C9H23N5O3S. The molecule has 0 radical (unpaired) electrons. The maximum atomic E-state index is 11.4. The van der Waals surface area contributed by atoms with E-state index in [0.29, 0.717) is 19.1 Å². The van der Waals surface area contributed by atoms with E-state index in [1.54, 1.807) is 14.0 Å². The van der Waals surface area contributed by atoms with E-state index in [0.717, 1.165) is 0 Å². The minimum absolute atomic E-state index is 0.0233. The number of guanidine groups is 1. The highest BCUT2D eigenvalue weighted by Gasteiger charge is 2.08. The van der Waals surface area contributed by atoms with Crippen LogP contribution in [0.25, 0.3) is 0 Å². The van der Waals surface area contributed by atoms with Crippen LogP contribution in [-0.2, 0) is 14.8 Å². The third kappa shape index (κ3) is 8.23. The lowest BCUT2D eigenvalue weighted by molar-refractivity contribution is 0.179. The summed E-state index contributed by atoms with van der Waals surface area (Å²) in [5, 5.41) is 2.96. The Balaban J connectivity index is 4.20. The SMILES string of the molecule is CCNS(=O)(=O)CCN=C(NN)NC(C)COC. The highest BCUT2D eigenvalue weighted by Crippen LogP contribution is 1.86. The maximum absolute atomic E-state index is 11.4. The molecule has 0 saturated heterocycles. The third-order valence-electron chi connectivity index (χ3n) is 1.93. The number of nitrogens with one attached hydrogen (secondary N) is 3. The van der Waals surface area contributed by atoms with Crippen LogP contribution in [0.4, 0.5) is 0 Å². The number of hydrazine groups is 1. The van der Waals surface area contributed by atoms with E-state index < -0.39 is 10.0 Å². The normalized spacial score (nSPS) is 14.3. The Morgan fingerprint density at radius 3 is 2.67 bits per heavy atom. The molecule has 0 saturated carbocycles. The second kappa shape index (κ2) is 9.09. The highest BCUT2D eigenvalue weighted by molar-refractivity contribution is 7.89. The summed E-state index contributed by atoms with van der Waals surface area (Å²) < 4.78 is 30.0. The molecule has 0 rings (SSSR count). The first kappa shape index (κ1) is 17.1. The van der Waals surface area contributed by atoms with E-state index in [1.807, 2.05) is 6.92 Å². The van der Waals surface area contributed by atoms with Crippen molar-refractivity contribution in [3.63, 3.8) is 0 Å². The third-order valence-corrected chi connectivity index (χ3v) is 3.38. The Morgan fingerprint density at radius 1 is 1.50 bits per heavy atom. The van der Waals surface area contributed by atoms with Crippen LogP contribution in [0, 0.1) is 0 Å². The molecule has 5 N–H and O–H groups in total. The van der Waals surface area contributed by atoms with Crippen molar-refractivity contribution in [3.8, 4) is 0 Å². The molecule has 0 fully saturated rings. The molecule has 0 heterocycles. The zero-order valence-corrected chi connectivity index (χ0v) is 11.9. The van der Waals surface area contributed by atoms with Crippen LogP contribution in [0.5, 0.6) is 0 Å². The van der Waals surface area contributed by atoms with Gasteiger partial charge in [-0.05, 0) is 6.92 Å². The first-order valence-electron chi connectivity index (χ1n) is 5.69. The van der Waals surface area contributed by atoms with E-state index in [9.17, 15) is 8.42 Å². The molecule has 0 aromatic carbocycles. The number of hydrogen-bond donors (Lipinski definition) is 4. The fraction of sp³-hybridized carbons (Fsp3) is 0.889. The summed E-state index contributed by atoms with van der Waals surface area (Å²) in [7, 11) is -1.66. The number of aliphatic imine (C=N–C) groups is 1. The number of methoxy groups -OCH3 is 1. The lowest BCUT2D eigenvalue weighted by atomic mass is 10.4. The van der Waals surface area contributed by atoms with Crippen molar-refractivity contribution in [1.82, 2.24) is 15.5 Å². The van der Waals surface area contributed by atoms with Gasteiger partial charge in [-0.1, -0.05) is 6.92 Å². The van der Waals surface area contributed by atoms with E-state index in [4.69, 9.17) is 10.6 Å². The summed E-state index contributed by atoms with van der Waals surface area (Å²) in [4.78, 5) is 4.03. The second-order valence-corrected chi connectivity index (χ2v) is 5.62. The molecular weight excluding hydrogens is 258 g/mol. The first-order valence-corrected chi connectivity index (χ1v) is 7.34. The number of sulfonamides is 1. The molecule has 9 heteroatoms. The van der Waals surface area contributed by atoms with Crippen molar-refractivity contribution in [2.24, 2.45) is 10.8 Å². The molecule has 108 valence electrons. The fourth-order valence-corrected chi connectivity index (χ4v) is 2.14. The Kier molecular flexibility index (Phi) is 8.63. The average Bonchev–Trinajstić information content (AvgIpc) is 2.27. The quantitative estimate of drug-likeness (QED) is 0.184. The summed E-state index contributed by atoms with van der Waals surface area (Å²) in [6.45, 7) is 4.61. The van der Waals surface area contributed by atoms with Crippen molar-refractivity contribution >= 4 is 16.0 Å². The van der Waals surface area contributed by atoms with Crippen LogP contribution in [0.2, 0.25) is 0 Å². The predicted octanol–water partition coefficient (Wildman–Crippen LogP) is -1.63. The van der Waals surface area contributed by atoms with Crippen molar-refractivity contribution in [1.29, 1.82) is 0 Å². The van der Waals surface area contributed by atoms with Gasteiger partial charge in [0.15, 0.2) is 0 Å². The van der Waals surface area contributed by atoms with Crippen molar-refractivity contribution in [2.75, 3.05) is 32.6 Å². The van der Waals surface area contributed by atoms with Gasteiger partial charge in [0.05, 0.1) is 18.9 Å². The van der Waals surface area contributed by atoms with Crippen molar-refractivity contribution < 1.29 is 13.2 Å². The second-order valence-electron chi connectivity index (χ2n) is 3.69. The standard InChI is InChI=1S/C9H23N5O3S/c1-4-12-18(15,16)6-5-11-9(14-10)13-8(2)7-17-3/h8,12H,4-7,10H2,1-3H3,(H2,11,13,14). The summed E-state index contributed by atoms with van der Waals surface area (Å²) >= 11 is 0. The van der Waals surface area contributed by atoms with Crippen LogP contribution in [-0.4, -0.2) is 53.0 Å². The number of ether oxygens (including phenoxy) is 1. The van der Waals surface area contributed by atoms with E-state index >= 15 is 0 Å². The van der Waals surface area contributed by atoms with Gasteiger partial charge in [0.1, 0.15) is 0 Å². The van der Waals surface area contributed by atoms with Crippen LogP contribution in [0.3, 0.4) is 0 Å². The molecule has 0 aliphatic heterocycles. The Labute approximate surface area is 108 Å².